The fraction of sp³-hybridized carbons (Fsp3) is 0.179. The minimum atomic E-state index is -1.12. The number of aliphatic hydroxyl groups excluding tert-OH is 1. The van der Waals surface area contributed by atoms with Crippen molar-refractivity contribution in [1.29, 1.82) is 0 Å². The molecule has 1 fully saturated rings. The third kappa shape index (κ3) is 4.71. The Bertz CT molecular complexity index is 1410. The number of phenols is 1. The summed E-state index contributed by atoms with van der Waals surface area (Å²) < 4.78 is 15.7. The molecule has 3 aromatic carbocycles. The van der Waals surface area contributed by atoms with Crippen molar-refractivity contribution < 1.29 is 38.8 Å². The number of esters is 1. The Kier molecular flexibility index (Phi) is 7.15. The minimum absolute atomic E-state index is 0.0951. The molecule has 2 N–H and O–H groups in total. The highest BCUT2D eigenvalue weighted by atomic mass is 16.5. The van der Waals surface area contributed by atoms with Crippen molar-refractivity contribution in [1.82, 2.24) is 0 Å². The molecule has 1 aliphatic rings. The highest BCUT2D eigenvalue weighted by Gasteiger charge is 2.47. The number of nitrogens with zero attached hydrogens (tertiary/aromatic N) is 1. The Morgan fingerprint density at radius 1 is 0.973 bits per heavy atom. The molecular weight excluding hydrogens is 478 g/mol. The van der Waals surface area contributed by atoms with Gasteiger partial charge in [-0.15, -0.1) is 0 Å². The number of benzene rings is 3. The van der Waals surface area contributed by atoms with Crippen molar-refractivity contribution in [3.05, 3.63) is 89.0 Å². The molecule has 1 unspecified atom stereocenters. The molecule has 0 bridgehead atoms. The molecule has 0 saturated carbocycles. The lowest BCUT2D eigenvalue weighted by molar-refractivity contribution is -0.132. The molecule has 0 radical (unpaired) electrons. The van der Waals surface area contributed by atoms with Crippen molar-refractivity contribution in [2.75, 3.05) is 25.7 Å². The van der Waals surface area contributed by atoms with E-state index in [9.17, 15) is 24.6 Å². The minimum Gasteiger partial charge on any atom is -0.508 e. The molecule has 9 heteroatoms. The fourth-order valence-corrected chi connectivity index (χ4v) is 4.25. The van der Waals surface area contributed by atoms with Gasteiger partial charge in [-0.2, -0.15) is 0 Å². The molecule has 1 heterocycles. The average molecular weight is 504 g/mol. The quantitative estimate of drug-likeness (QED) is 0.213. The van der Waals surface area contributed by atoms with Gasteiger partial charge in [0.15, 0.2) is 0 Å². The SMILES string of the molecule is CCOC(=O)c1cccc(N2C(=O)C(=O)/C(=C(/O)c3cc(OC)ccc3OC)C2c2cccc(O)c2)c1. The van der Waals surface area contributed by atoms with Crippen LogP contribution >= 0.6 is 0 Å². The summed E-state index contributed by atoms with van der Waals surface area (Å²) in [6.45, 7) is 1.84. The smallest absolute Gasteiger partial charge is 0.338 e. The van der Waals surface area contributed by atoms with Gasteiger partial charge < -0.3 is 24.4 Å². The van der Waals surface area contributed by atoms with Gasteiger partial charge in [0.25, 0.3) is 11.7 Å². The third-order valence-corrected chi connectivity index (χ3v) is 5.93. The van der Waals surface area contributed by atoms with Crippen molar-refractivity contribution in [2.24, 2.45) is 0 Å². The molecule has 9 nitrogen and oxygen atoms in total. The standard InChI is InChI=1S/C28H25NO8/c1-4-37-28(34)17-8-5-9-18(13-17)29-24(16-7-6-10-19(30)14-16)23(26(32)27(29)33)25(31)21-15-20(35-2)11-12-22(21)36-3/h5-15,24,30-31H,4H2,1-3H3/b25-23+. The topological polar surface area (TPSA) is 123 Å². The van der Waals surface area contributed by atoms with Crippen LogP contribution in [0.2, 0.25) is 0 Å². The number of phenolic OH excluding ortho intramolecular Hbond substituents is 1. The summed E-state index contributed by atoms with van der Waals surface area (Å²) in [7, 11) is 2.86. The fourth-order valence-electron chi connectivity index (χ4n) is 4.25. The Hall–Kier alpha value is -4.79. The Balaban J connectivity index is 1.96. The predicted octanol–water partition coefficient (Wildman–Crippen LogP) is 4.21. The van der Waals surface area contributed by atoms with Gasteiger partial charge in [0.1, 0.15) is 23.0 Å². The zero-order chi connectivity index (χ0) is 26.7. The molecule has 1 atom stereocenters. The maximum absolute atomic E-state index is 13.4. The van der Waals surface area contributed by atoms with E-state index in [2.05, 4.69) is 0 Å². The maximum atomic E-state index is 13.4. The normalized spacial score (nSPS) is 16.5. The average Bonchev–Trinajstić information content (AvgIpc) is 3.18. The first-order valence-corrected chi connectivity index (χ1v) is 11.4. The first-order valence-electron chi connectivity index (χ1n) is 11.4. The van der Waals surface area contributed by atoms with Crippen LogP contribution in [0.5, 0.6) is 17.2 Å². The van der Waals surface area contributed by atoms with Crippen molar-refractivity contribution >= 4 is 29.1 Å². The lowest BCUT2D eigenvalue weighted by Crippen LogP contribution is -2.29. The lowest BCUT2D eigenvalue weighted by Gasteiger charge is -2.26. The summed E-state index contributed by atoms with van der Waals surface area (Å²) >= 11 is 0. The summed E-state index contributed by atoms with van der Waals surface area (Å²) in [5.41, 5.74) is 0.709. The number of aromatic hydroxyl groups is 1. The van der Waals surface area contributed by atoms with Gasteiger partial charge >= 0.3 is 5.97 Å². The monoisotopic (exact) mass is 503 g/mol. The summed E-state index contributed by atoms with van der Waals surface area (Å²) in [5.74, 6) is -2.38. The number of Topliss-reactive ketones (excluding diaryl/α,β-unsaturated/α-hetero) is 1. The third-order valence-electron chi connectivity index (χ3n) is 5.93. The van der Waals surface area contributed by atoms with Gasteiger partial charge in [0.05, 0.1) is 43.6 Å². The van der Waals surface area contributed by atoms with E-state index in [4.69, 9.17) is 14.2 Å². The van der Waals surface area contributed by atoms with E-state index in [-0.39, 0.29) is 40.5 Å². The molecule has 1 aliphatic heterocycles. The first-order chi connectivity index (χ1) is 17.8. The second kappa shape index (κ2) is 10.4. The van der Waals surface area contributed by atoms with Gasteiger partial charge in [-0.05, 0) is 61.0 Å². The highest BCUT2D eigenvalue weighted by Crippen LogP contribution is 2.44. The van der Waals surface area contributed by atoms with Crippen LogP contribution < -0.4 is 14.4 Å². The first kappa shape index (κ1) is 25.3. The molecule has 0 aliphatic carbocycles. The molecule has 1 saturated heterocycles. The number of methoxy groups -OCH3 is 2. The highest BCUT2D eigenvalue weighted by molar-refractivity contribution is 6.51. The van der Waals surface area contributed by atoms with Crippen LogP contribution in [0.1, 0.15) is 34.5 Å². The second-order valence-electron chi connectivity index (χ2n) is 8.10. The predicted molar refractivity (Wildman–Crippen MR) is 135 cm³/mol. The lowest BCUT2D eigenvalue weighted by atomic mass is 9.94. The summed E-state index contributed by atoms with van der Waals surface area (Å²) in [6.07, 6.45) is 0. The Labute approximate surface area is 213 Å². The number of carbonyl (C=O) groups is 3. The van der Waals surface area contributed by atoms with E-state index in [0.29, 0.717) is 11.3 Å². The Morgan fingerprint density at radius 3 is 2.41 bits per heavy atom. The van der Waals surface area contributed by atoms with Crippen molar-refractivity contribution in [3.63, 3.8) is 0 Å². The largest absolute Gasteiger partial charge is 0.508 e. The van der Waals surface area contributed by atoms with E-state index < -0.39 is 29.5 Å². The van der Waals surface area contributed by atoms with E-state index in [1.807, 2.05) is 0 Å². The Morgan fingerprint density at radius 2 is 1.73 bits per heavy atom. The van der Waals surface area contributed by atoms with Crippen molar-refractivity contribution in [3.8, 4) is 17.2 Å². The van der Waals surface area contributed by atoms with Crippen molar-refractivity contribution in [2.45, 2.75) is 13.0 Å². The number of hydrogen-bond donors (Lipinski definition) is 2. The van der Waals surface area contributed by atoms with Gasteiger partial charge in [-0.1, -0.05) is 18.2 Å². The van der Waals surface area contributed by atoms with Crippen LogP contribution in [0.3, 0.4) is 0 Å². The number of amides is 1. The number of anilines is 1. The summed E-state index contributed by atoms with van der Waals surface area (Å²) in [6, 6.07) is 15.7. The summed E-state index contributed by atoms with van der Waals surface area (Å²) in [4.78, 5) is 40.3. The number of ketones is 1. The van der Waals surface area contributed by atoms with Crippen LogP contribution in [0, 0.1) is 0 Å². The molecule has 0 aromatic heterocycles. The number of aliphatic hydroxyl groups is 1. The van der Waals surface area contributed by atoms with Gasteiger partial charge in [0, 0.05) is 5.69 Å². The number of rotatable bonds is 7. The van der Waals surface area contributed by atoms with Gasteiger partial charge in [-0.25, -0.2) is 4.79 Å². The van der Waals surface area contributed by atoms with Crippen LogP contribution in [0.25, 0.3) is 5.76 Å². The zero-order valence-corrected chi connectivity index (χ0v) is 20.4. The van der Waals surface area contributed by atoms with Gasteiger partial charge in [-0.3, -0.25) is 14.5 Å². The van der Waals surface area contributed by atoms with Crippen LogP contribution in [0.4, 0.5) is 5.69 Å². The molecule has 0 spiro atoms. The zero-order valence-electron chi connectivity index (χ0n) is 20.4. The van der Waals surface area contributed by atoms with Crippen LogP contribution in [-0.4, -0.2) is 48.7 Å². The van der Waals surface area contributed by atoms with E-state index >= 15 is 0 Å². The van der Waals surface area contributed by atoms with E-state index in [0.717, 1.165) is 0 Å². The maximum Gasteiger partial charge on any atom is 0.338 e. The second-order valence-corrected chi connectivity index (χ2v) is 8.10. The number of hydrogen-bond acceptors (Lipinski definition) is 8. The number of ether oxygens (including phenoxy) is 3. The summed E-state index contributed by atoms with van der Waals surface area (Å²) in [5, 5.41) is 21.6. The molecule has 1 amide bonds. The van der Waals surface area contributed by atoms with E-state index in [1.54, 1.807) is 43.3 Å². The van der Waals surface area contributed by atoms with Crippen LogP contribution in [-0.2, 0) is 14.3 Å². The molecule has 37 heavy (non-hydrogen) atoms. The van der Waals surface area contributed by atoms with Crippen LogP contribution in [0.15, 0.2) is 72.3 Å². The number of carbonyl (C=O) groups excluding carboxylic acids is 3. The van der Waals surface area contributed by atoms with E-state index in [1.165, 1.54) is 49.5 Å². The molecule has 190 valence electrons. The van der Waals surface area contributed by atoms with Gasteiger partial charge in [0.2, 0.25) is 0 Å². The molecule has 3 aromatic rings. The molecular formula is C28H25NO8. The molecule has 4 rings (SSSR count).